The first-order valence-corrected chi connectivity index (χ1v) is 9.74. The molecule has 0 radical (unpaired) electrons. The molecule has 1 aliphatic heterocycles. The van der Waals surface area contributed by atoms with E-state index in [9.17, 15) is 10.1 Å². The number of carbonyl (C=O) groups excluding carboxylic acids is 1. The van der Waals surface area contributed by atoms with Crippen molar-refractivity contribution in [1.82, 2.24) is 0 Å². The zero-order valence-corrected chi connectivity index (χ0v) is 16.6. The number of alkyl halides is 1. The molecule has 1 unspecified atom stereocenters. The molecule has 146 valence electrons. The number of ether oxygens (including phenoxy) is 2. The van der Waals surface area contributed by atoms with Gasteiger partial charge >= 0.3 is 0 Å². The van der Waals surface area contributed by atoms with E-state index in [0.29, 0.717) is 17.7 Å². The molecule has 5 nitrogen and oxygen atoms in total. The van der Waals surface area contributed by atoms with Crippen LogP contribution in [0.15, 0.2) is 54.6 Å². The summed E-state index contributed by atoms with van der Waals surface area (Å²) in [6.45, 7) is 0.165. The highest BCUT2D eigenvalue weighted by Gasteiger charge is 2.34. The van der Waals surface area contributed by atoms with E-state index in [0.717, 1.165) is 27.6 Å². The molecule has 3 aromatic carbocycles. The van der Waals surface area contributed by atoms with Crippen molar-refractivity contribution in [1.29, 1.82) is 5.26 Å². The van der Waals surface area contributed by atoms with Crippen LogP contribution in [-0.2, 0) is 16.0 Å². The summed E-state index contributed by atoms with van der Waals surface area (Å²) in [6, 6.07) is 19.4. The first-order chi connectivity index (χ1) is 14.1. The zero-order chi connectivity index (χ0) is 20.4. The quantitative estimate of drug-likeness (QED) is 0.460. The van der Waals surface area contributed by atoms with Gasteiger partial charge in [-0.3, -0.25) is 4.79 Å². The van der Waals surface area contributed by atoms with E-state index in [1.54, 1.807) is 18.1 Å². The summed E-state index contributed by atoms with van der Waals surface area (Å²) in [7, 11) is 1.57. The lowest BCUT2D eigenvalue weighted by Crippen LogP contribution is -2.33. The lowest BCUT2D eigenvalue weighted by molar-refractivity contribution is -0.116. The van der Waals surface area contributed by atoms with Gasteiger partial charge in [0.1, 0.15) is 11.6 Å². The molecule has 4 rings (SSSR count). The highest BCUT2D eigenvalue weighted by atomic mass is 35.5. The van der Waals surface area contributed by atoms with Crippen LogP contribution in [0.2, 0.25) is 0 Å². The van der Waals surface area contributed by atoms with Gasteiger partial charge in [0.15, 0.2) is 6.79 Å². The second-order valence-corrected chi connectivity index (χ2v) is 7.16. The Morgan fingerprint density at radius 1 is 1.17 bits per heavy atom. The average Bonchev–Trinajstić information content (AvgIpc) is 3.15. The average molecular weight is 407 g/mol. The predicted molar refractivity (Wildman–Crippen MR) is 112 cm³/mol. The van der Waals surface area contributed by atoms with Crippen LogP contribution in [-0.4, -0.2) is 25.7 Å². The number of anilines is 1. The van der Waals surface area contributed by atoms with Gasteiger partial charge in [-0.05, 0) is 64.7 Å². The van der Waals surface area contributed by atoms with Crippen molar-refractivity contribution in [2.75, 3.05) is 24.7 Å². The first-order valence-electron chi connectivity index (χ1n) is 9.21. The number of carbonyl (C=O) groups is 1. The lowest BCUT2D eigenvalue weighted by Gasteiger charge is -2.25. The van der Waals surface area contributed by atoms with E-state index in [2.05, 4.69) is 6.07 Å². The monoisotopic (exact) mass is 406 g/mol. The molecule has 0 saturated heterocycles. The number of halogens is 1. The Morgan fingerprint density at radius 3 is 2.76 bits per heavy atom. The van der Waals surface area contributed by atoms with Gasteiger partial charge in [-0.2, -0.15) is 5.26 Å². The second kappa shape index (κ2) is 8.12. The van der Waals surface area contributed by atoms with Crippen LogP contribution < -0.4 is 9.64 Å². The summed E-state index contributed by atoms with van der Waals surface area (Å²) in [6.07, 6.45) is 0.658. The standard InChI is InChI=1S/C23H19ClN2O3/c1-28-14-29-20-6-7-21-19(10-20)11-22(26(21)23(27)12-24)17-5-4-16-3-2-15(13-25)8-18(16)9-17/h2-10,22H,11-12,14H2,1H3. The fourth-order valence-corrected chi connectivity index (χ4v) is 3.95. The summed E-state index contributed by atoms with van der Waals surface area (Å²) < 4.78 is 10.5. The molecule has 0 bridgehead atoms. The molecule has 0 aromatic heterocycles. The molecule has 1 amide bonds. The fourth-order valence-electron chi connectivity index (χ4n) is 3.83. The molecule has 1 atom stereocenters. The van der Waals surface area contributed by atoms with E-state index >= 15 is 0 Å². The van der Waals surface area contributed by atoms with E-state index in [-0.39, 0.29) is 24.6 Å². The maximum absolute atomic E-state index is 12.7. The molecule has 29 heavy (non-hydrogen) atoms. The molecule has 0 spiro atoms. The van der Waals surface area contributed by atoms with Crippen molar-refractivity contribution in [2.45, 2.75) is 12.5 Å². The summed E-state index contributed by atoms with van der Waals surface area (Å²) in [4.78, 5) is 14.4. The fraction of sp³-hybridized carbons (Fsp3) is 0.217. The number of rotatable bonds is 5. The lowest BCUT2D eigenvalue weighted by atomic mass is 9.98. The molecule has 0 aliphatic carbocycles. The maximum Gasteiger partial charge on any atom is 0.242 e. The van der Waals surface area contributed by atoms with E-state index < -0.39 is 0 Å². The van der Waals surface area contributed by atoms with Gasteiger partial charge < -0.3 is 14.4 Å². The van der Waals surface area contributed by atoms with Crippen LogP contribution in [0.5, 0.6) is 5.75 Å². The maximum atomic E-state index is 12.7. The molecule has 0 N–H and O–H groups in total. The van der Waals surface area contributed by atoms with Crippen molar-refractivity contribution in [2.24, 2.45) is 0 Å². The molecular weight excluding hydrogens is 388 g/mol. The second-order valence-electron chi connectivity index (χ2n) is 6.89. The highest BCUT2D eigenvalue weighted by Crippen LogP contribution is 2.42. The molecule has 0 saturated carbocycles. The number of nitriles is 1. The van der Waals surface area contributed by atoms with Gasteiger partial charge in [0.2, 0.25) is 5.91 Å². The Balaban J connectivity index is 1.74. The Hall–Kier alpha value is -3.07. The summed E-state index contributed by atoms with van der Waals surface area (Å²) >= 11 is 5.92. The van der Waals surface area contributed by atoms with E-state index in [4.69, 9.17) is 21.1 Å². The topological polar surface area (TPSA) is 62.6 Å². The number of amides is 1. The molecular formula is C23H19ClN2O3. The Bertz CT molecular complexity index is 1120. The number of methoxy groups -OCH3 is 1. The number of hydrogen-bond donors (Lipinski definition) is 0. The van der Waals surface area contributed by atoms with E-state index in [1.165, 1.54) is 0 Å². The highest BCUT2D eigenvalue weighted by molar-refractivity contribution is 6.29. The summed E-state index contributed by atoms with van der Waals surface area (Å²) in [5.74, 6) is 0.456. The number of nitrogens with zero attached hydrogens (tertiary/aromatic N) is 2. The zero-order valence-electron chi connectivity index (χ0n) is 15.9. The van der Waals surface area contributed by atoms with Gasteiger partial charge in [0.05, 0.1) is 17.7 Å². The Labute approximate surface area is 174 Å². The third-order valence-corrected chi connectivity index (χ3v) is 5.37. The minimum atomic E-state index is -0.163. The number of hydrogen-bond acceptors (Lipinski definition) is 4. The van der Waals surface area contributed by atoms with Gasteiger partial charge in [-0.25, -0.2) is 0 Å². The predicted octanol–water partition coefficient (Wildman–Crippen LogP) is 4.56. The first kappa shape index (κ1) is 19.3. The molecule has 1 aliphatic rings. The van der Waals surface area contributed by atoms with Gasteiger partial charge in [-0.1, -0.05) is 18.2 Å². The smallest absolute Gasteiger partial charge is 0.242 e. The van der Waals surface area contributed by atoms with Crippen molar-refractivity contribution in [3.8, 4) is 11.8 Å². The normalized spacial score (nSPS) is 15.2. The molecule has 0 fully saturated rings. The van der Waals surface area contributed by atoms with Gasteiger partial charge in [-0.15, -0.1) is 11.6 Å². The molecule has 6 heteroatoms. The van der Waals surface area contributed by atoms with Crippen LogP contribution in [0.1, 0.15) is 22.7 Å². The van der Waals surface area contributed by atoms with Crippen molar-refractivity contribution in [3.05, 3.63) is 71.3 Å². The third kappa shape index (κ3) is 3.65. The largest absolute Gasteiger partial charge is 0.468 e. The summed E-state index contributed by atoms with van der Waals surface area (Å²) in [5.41, 5.74) is 3.48. The summed E-state index contributed by atoms with van der Waals surface area (Å²) in [5, 5.41) is 11.2. The molecule has 3 aromatic rings. The van der Waals surface area contributed by atoms with Gasteiger partial charge in [0.25, 0.3) is 0 Å². The minimum absolute atomic E-state index is 0.0932. The van der Waals surface area contributed by atoms with Crippen LogP contribution in [0.4, 0.5) is 5.69 Å². The third-order valence-electron chi connectivity index (χ3n) is 5.14. The molecule has 1 heterocycles. The SMILES string of the molecule is COCOc1ccc2c(c1)CC(c1ccc3ccc(C#N)cc3c1)N2C(=O)CCl. The Kier molecular flexibility index (Phi) is 5.39. The van der Waals surface area contributed by atoms with Crippen molar-refractivity contribution < 1.29 is 14.3 Å². The number of fused-ring (bicyclic) bond motifs is 2. The van der Waals surface area contributed by atoms with Crippen LogP contribution in [0.25, 0.3) is 10.8 Å². The van der Waals surface area contributed by atoms with E-state index in [1.807, 2.05) is 48.5 Å². The number of benzene rings is 3. The van der Waals surface area contributed by atoms with Crippen LogP contribution in [0.3, 0.4) is 0 Å². The van der Waals surface area contributed by atoms with Crippen LogP contribution >= 0.6 is 11.6 Å². The van der Waals surface area contributed by atoms with Crippen LogP contribution in [0, 0.1) is 11.3 Å². The Morgan fingerprint density at radius 2 is 2.00 bits per heavy atom. The van der Waals surface area contributed by atoms with Crippen molar-refractivity contribution >= 4 is 34.0 Å². The minimum Gasteiger partial charge on any atom is -0.468 e. The van der Waals surface area contributed by atoms with Crippen molar-refractivity contribution in [3.63, 3.8) is 0 Å². The van der Waals surface area contributed by atoms with Gasteiger partial charge in [0, 0.05) is 12.8 Å².